The summed E-state index contributed by atoms with van der Waals surface area (Å²) in [5, 5.41) is 11.8. The van der Waals surface area contributed by atoms with Crippen LogP contribution >= 0.6 is 0 Å². The van der Waals surface area contributed by atoms with E-state index in [1.807, 2.05) is 0 Å². The predicted octanol–water partition coefficient (Wildman–Crippen LogP) is 0.346. The molecule has 10 heteroatoms. The van der Waals surface area contributed by atoms with Crippen LogP contribution in [0.5, 0.6) is 0 Å². The molecule has 0 bridgehead atoms. The van der Waals surface area contributed by atoms with Crippen molar-refractivity contribution in [1.82, 2.24) is 9.62 Å². The van der Waals surface area contributed by atoms with Crippen molar-refractivity contribution in [2.24, 2.45) is 0 Å². The van der Waals surface area contributed by atoms with Gasteiger partial charge in [-0.2, -0.15) is 4.31 Å². The molecule has 9 nitrogen and oxygen atoms in total. The number of sulfonamides is 1. The number of rotatable bonds is 5. The highest BCUT2D eigenvalue weighted by Gasteiger charge is 2.44. The van der Waals surface area contributed by atoms with Crippen molar-refractivity contribution in [3.63, 3.8) is 0 Å². The van der Waals surface area contributed by atoms with Gasteiger partial charge in [0.15, 0.2) is 11.3 Å². The van der Waals surface area contributed by atoms with Crippen LogP contribution in [-0.2, 0) is 19.6 Å². The van der Waals surface area contributed by atoms with Gasteiger partial charge in [0, 0.05) is 32.2 Å². The molecule has 1 amide bonds. The van der Waals surface area contributed by atoms with Gasteiger partial charge in [-0.05, 0) is 19.8 Å². The molecule has 3 heterocycles. The Bertz CT molecular complexity index is 787. The maximum Gasteiger partial charge on any atom is 0.331 e. The van der Waals surface area contributed by atoms with Crippen LogP contribution < -0.4 is 5.32 Å². The van der Waals surface area contributed by atoms with Crippen LogP contribution in [-0.4, -0.2) is 61.5 Å². The van der Waals surface area contributed by atoms with E-state index in [2.05, 4.69) is 5.32 Å². The summed E-state index contributed by atoms with van der Waals surface area (Å²) in [5.41, 5.74) is -1.52. The number of ether oxygens (including phenoxy) is 1. The maximum atomic E-state index is 12.6. The van der Waals surface area contributed by atoms with Gasteiger partial charge in [-0.15, -0.1) is 0 Å². The third-order valence-electron chi connectivity index (χ3n) is 4.56. The molecule has 25 heavy (non-hydrogen) atoms. The minimum absolute atomic E-state index is 0.0633. The number of nitrogens with one attached hydrogen (secondary N) is 1. The van der Waals surface area contributed by atoms with Gasteiger partial charge in [0.1, 0.15) is 10.7 Å². The van der Waals surface area contributed by atoms with E-state index in [4.69, 9.17) is 9.15 Å². The molecule has 1 atom stereocenters. The second-order valence-corrected chi connectivity index (χ2v) is 8.19. The number of carboxylic acid groups (broad SMARTS) is 1. The summed E-state index contributed by atoms with van der Waals surface area (Å²) in [4.78, 5) is 23.8. The van der Waals surface area contributed by atoms with Crippen molar-refractivity contribution in [2.75, 3.05) is 26.3 Å². The van der Waals surface area contributed by atoms with Crippen LogP contribution in [0, 0.1) is 6.92 Å². The van der Waals surface area contributed by atoms with Crippen molar-refractivity contribution in [1.29, 1.82) is 0 Å². The summed E-state index contributed by atoms with van der Waals surface area (Å²) >= 11 is 0. The zero-order valence-electron chi connectivity index (χ0n) is 13.8. The van der Waals surface area contributed by atoms with Gasteiger partial charge in [-0.3, -0.25) is 4.79 Å². The molecule has 0 radical (unpaired) electrons. The molecule has 2 aliphatic heterocycles. The number of aliphatic carboxylic acids is 1. The highest BCUT2D eigenvalue weighted by atomic mass is 32.2. The lowest BCUT2D eigenvalue weighted by Crippen LogP contribution is -2.55. The topological polar surface area (TPSA) is 126 Å². The average molecular weight is 372 g/mol. The number of furan rings is 1. The molecule has 2 N–H and O–H groups in total. The Morgan fingerprint density at radius 2 is 2.00 bits per heavy atom. The first-order valence-electron chi connectivity index (χ1n) is 8.00. The third kappa shape index (κ3) is 3.16. The zero-order chi connectivity index (χ0) is 18.2. The SMILES string of the molecule is Cc1oc(C(=O)NC2(C(=O)O)CCOC2)cc1S(=O)(=O)N1CCCC1. The van der Waals surface area contributed by atoms with E-state index in [1.165, 1.54) is 11.2 Å². The van der Waals surface area contributed by atoms with E-state index < -0.39 is 27.4 Å². The zero-order valence-corrected chi connectivity index (χ0v) is 14.6. The third-order valence-corrected chi connectivity index (χ3v) is 6.57. The molecule has 1 unspecified atom stereocenters. The van der Waals surface area contributed by atoms with Crippen LogP contribution in [0.3, 0.4) is 0 Å². The van der Waals surface area contributed by atoms with Crippen LogP contribution in [0.15, 0.2) is 15.4 Å². The van der Waals surface area contributed by atoms with Crippen molar-refractivity contribution in [2.45, 2.75) is 36.6 Å². The molecule has 1 aromatic rings. The van der Waals surface area contributed by atoms with E-state index in [-0.39, 0.29) is 36.1 Å². The summed E-state index contributed by atoms with van der Waals surface area (Å²) in [6, 6.07) is 1.16. The summed E-state index contributed by atoms with van der Waals surface area (Å²) in [6.45, 7) is 2.42. The quantitative estimate of drug-likeness (QED) is 0.763. The van der Waals surface area contributed by atoms with Gasteiger partial charge >= 0.3 is 5.97 Å². The Hall–Kier alpha value is -1.91. The second kappa shape index (κ2) is 6.43. The average Bonchev–Trinajstić information content (AvgIpc) is 3.27. The van der Waals surface area contributed by atoms with Crippen LogP contribution in [0.2, 0.25) is 0 Å². The molecule has 138 valence electrons. The fourth-order valence-electron chi connectivity index (χ4n) is 3.07. The van der Waals surface area contributed by atoms with Crippen LogP contribution in [0.4, 0.5) is 0 Å². The molecule has 2 saturated heterocycles. The normalized spacial score (nSPS) is 24.5. The van der Waals surface area contributed by atoms with E-state index in [0.717, 1.165) is 18.9 Å². The van der Waals surface area contributed by atoms with Gasteiger partial charge in [-0.25, -0.2) is 13.2 Å². The Kier molecular flexibility index (Phi) is 4.60. The number of carbonyl (C=O) groups excluding carboxylic acids is 1. The summed E-state index contributed by atoms with van der Waals surface area (Å²) in [6.07, 6.45) is 1.72. The number of nitrogens with zero attached hydrogens (tertiary/aromatic N) is 1. The monoisotopic (exact) mass is 372 g/mol. The predicted molar refractivity (Wildman–Crippen MR) is 84.7 cm³/mol. The number of aryl methyl sites for hydroxylation is 1. The molecule has 0 aliphatic carbocycles. The lowest BCUT2D eigenvalue weighted by atomic mass is 9.99. The highest BCUT2D eigenvalue weighted by molar-refractivity contribution is 7.89. The molecular formula is C15H20N2O7S. The van der Waals surface area contributed by atoms with E-state index >= 15 is 0 Å². The van der Waals surface area contributed by atoms with Crippen molar-refractivity contribution < 1.29 is 32.3 Å². The molecule has 3 rings (SSSR count). The second-order valence-electron chi connectivity index (χ2n) is 6.29. The highest BCUT2D eigenvalue weighted by Crippen LogP contribution is 2.27. The minimum atomic E-state index is -3.72. The van der Waals surface area contributed by atoms with Gasteiger partial charge in [0.25, 0.3) is 5.91 Å². The summed E-state index contributed by atoms with van der Waals surface area (Å²) < 4.78 is 37.0. The number of hydrogen-bond donors (Lipinski definition) is 2. The number of carboxylic acids is 1. The first kappa shape index (κ1) is 17.9. The minimum Gasteiger partial charge on any atom is -0.479 e. The van der Waals surface area contributed by atoms with E-state index in [9.17, 15) is 23.1 Å². The van der Waals surface area contributed by atoms with Gasteiger partial charge in [-0.1, -0.05) is 0 Å². The Morgan fingerprint density at radius 1 is 1.32 bits per heavy atom. The first-order chi connectivity index (χ1) is 11.8. The van der Waals surface area contributed by atoms with Gasteiger partial charge in [0.2, 0.25) is 10.0 Å². The van der Waals surface area contributed by atoms with Gasteiger partial charge in [0.05, 0.1) is 6.61 Å². The Labute approximate surface area is 145 Å². The molecular weight excluding hydrogens is 352 g/mol. The molecule has 1 aromatic heterocycles. The van der Waals surface area contributed by atoms with E-state index in [1.54, 1.807) is 0 Å². The van der Waals surface area contributed by atoms with Gasteiger partial charge < -0.3 is 19.6 Å². The molecule has 0 saturated carbocycles. The Morgan fingerprint density at radius 3 is 2.56 bits per heavy atom. The first-order valence-corrected chi connectivity index (χ1v) is 9.44. The van der Waals surface area contributed by atoms with Crippen LogP contribution in [0.1, 0.15) is 35.6 Å². The van der Waals surface area contributed by atoms with Crippen molar-refractivity contribution in [3.05, 3.63) is 17.6 Å². The number of hydrogen-bond acceptors (Lipinski definition) is 6. The standard InChI is InChI=1S/C15H20N2O7S/c1-10-12(25(21,22)17-5-2-3-6-17)8-11(24-10)13(18)16-15(14(19)20)4-7-23-9-15/h8H,2-7,9H2,1H3,(H,16,18)(H,19,20). The molecule has 2 aliphatic rings. The fourth-order valence-corrected chi connectivity index (χ4v) is 4.74. The molecule has 2 fully saturated rings. The maximum absolute atomic E-state index is 12.6. The number of carbonyl (C=O) groups is 2. The largest absolute Gasteiger partial charge is 0.479 e. The lowest BCUT2D eigenvalue weighted by Gasteiger charge is -2.22. The lowest BCUT2D eigenvalue weighted by molar-refractivity contribution is -0.144. The Balaban J connectivity index is 1.84. The van der Waals surface area contributed by atoms with Crippen molar-refractivity contribution >= 4 is 21.9 Å². The smallest absolute Gasteiger partial charge is 0.331 e. The van der Waals surface area contributed by atoms with Crippen LogP contribution in [0.25, 0.3) is 0 Å². The summed E-state index contributed by atoms with van der Waals surface area (Å²) in [7, 11) is -3.72. The molecule has 0 aromatic carbocycles. The van der Waals surface area contributed by atoms with E-state index in [0.29, 0.717) is 13.1 Å². The fraction of sp³-hybridized carbons (Fsp3) is 0.600. The summed E-state index contributed by atoms with van der Waals surface area (Å²) in [5.74, 6) is -2.11. The van der Waals surface area contributed by atoms with Crippen molar-refractivity contribution in [3.8, 4) is 0 Å². The molecule has 0 spiro atoms. The number of amides is 1.